The number of aryl methyl sites for hydroxylation is 1. The summed E-state index contributed by atoms with van der Waals surface area (Å²) in [5.74, 6) is 0.518. The van der Waals surface area contributed by atoms with E-state index in [4.69, 9.17) is 9.47 Å². The van der Waals surface area contributed by atoms with Crippen LogP contribution >= 0.6 is 0 Å². The zero-order valence-corrected chi connectivity index (χ0v) is 23.4. The number of ether oxygens (including phenoxy) is 2. The van der Waals surface area contributed by atoms with E-state index in [0.717, 1.165) is 42.3 Å². The number of nitrogens with one attached hydrogen (secondary N) is 1. The Morgan fingerprint density at radius 2 is 1.70 bits per heavy atom. The van der Waals surface area contributed by atoms with Gasteiger partial charge in [-0.25, -0.2) is 4.68 Å². The van der Waals surface area contributed by atoms with E-state index in [1.807, 2.05) is 56.3 Å². The molecule has 2 amide bonds. The Morgan fingerprint density at radius 3 is 2.40 bits per heavy atom. The number of hydrogen-bond donors (Lipinski definition) is 1. The molecule has 40 heavy (non-hydrogen) atoms. The molecule has 9 heteroatoms. The van der Waals surface area contributed by atoms with E-state index >= 15 is 0 Å². The SMILES string of the molecule is COc1cc(OC)cc([C@@H](C(=O)NC2CCCC2)N(C(=O)Cn2nnc3ccccc32)c2cccc(C)c2C)c1. The van der Waals surface area contributed by atoms with Gasteiger partial charge in [-0.05, 0) is 73.7 Å². The molecular weight excluding hydrogens is 506 g/mol. The highest BCUT2D eigenvalue weighted by atomic mass is 16.5. The number of hydrogen-bond acceptors (Lipinski definition) is 6. The number of para-hydroxylation sites is 1. The summed E-state index contributed by atoms with van der Waals surface area (Å²) in [5.41, 5.74) is 4.60. The van der Waals surface area contributed by atoms with E-state index in [2.05, 4.69) is 15.6 Å². The molecule has 0 bridgehead atoms. The lowest BCUT2D eigenvalue weighted by Crippen LogP contribution is -2.47. The first-order valence-corrected chi connectivity index (χ1v) is 13.6. The summed E-state index contributed by atoms with van der Waals surface area (Å²) >= 11 is 0. The summed E-state index contributed by atoms with van der Waals surface area (Å²) < 4.78 is 12.7. The van der Waals surface area contributed by atoms with Crippen molar-refractivity contribution >= 4 is 28.5 Å². The molecule has 9 nitrogen and oxygen atoms in total. The van der Waals surface area contributed by atoms with Crippen LogP contribution in [0.1, 0.15) is 48.4 Å². The number of carbonyl (C=O) groups excluding carboxylic acids is 2. The Balaban J connectivity index is 1.65. The van der Waals surface area contributed by atoms with Gasteiger partial charge >= 0.3 is 0 Å². The fourth-order valence-corrected chi connectivity index (χ4v) is 5.41. The highest BCUT2D eigenvalue weighted by Crippen LogP contribution is 2.36. The molecule has 0 spiro atoms. The van der Waals surface area contributed by atoms with E-state index < -0.39 is 6.04 Å². The van der Waals surface area contributed by atoms with Gasteiger partial charge in [0.05, 0.1) is 19.7 Å². The topological polar surface area (TPSA) is 98.6 Å². The molecule has 0 saturated heterocycles. The largest absolute Gasteiger partial charge is 0.497 e. The van der Waals surface area contributed by atoms with Crippen LogP contribution in [0.25, 0.3) is 11.0 Å². The maximum atomic E-state index is 14.4. The predicted octanol–water partition coefficient (Wildman–Crippen LogP) is 4.90. The fraction of sp³-hybridized carbons (Fsp3) is 0.355. The van der Waals surface area contributed by atoms with Crippen LogP contribution in [0.15, 0.2) is 60.7 Å². The van der Waals surface area contributed by atoms with Gasteiger partial charge in [0.2, 0.25) is 11.8 Å². The summed E-state index contributed by atoms with van der Waals surface area (Å²) in [5, 5.41) is 11.7. The molecule has 0 aliphatic heterocycles. The lowest BCUT2D eigenvalue weighted by Gasteiger charge is -2.34. The number of methoxy groups -OCH3 is 2. The van der Waals surface area contributed by atoms with Crippen LogP contribution in [0.3, 0.4) is 0 Å². The third-order valence-corrected chi connectivity index (χ3v) is 7.71. The fourth-order valence-electron chi connectivity index (χ4n) is 5.41. The monoisotopic (exact) mass is 541 g/mol. The van der Waals surface area contributed by atoms with Crippen molar-refractivity contribution in [1.82, 2.24) is 20.3 Å². The molecule has 1 fully saturated rings. The summed E-state index contributed by atoms with van der Waals surface area (Å²) in [6.45, 7) is 3.87. The van der Waals surface area contributed by atoms with Gasteiger partial charge in [-0.1, -0.05) is 42.3 Å². The molecule has 208 valence electrons. The quantitative estimate of drug-likeness (QED) is 0.324. The van der Waals surface area contributed by atoms with Gasteiger partial charge in [-0.2, -0.15) is 0 Å². The summed E-state index contributed by atoms with van der Waals surface area (Å²) in [6.07, 6.45) is 3.98. The van der Waals surface area contributed by atoms with Crippen molar-refractivity contribution in [2.24, 2.45) is 0 Å². The third-order valence-electron chi connectivity index (χ3n) is 7.71. The van der Waals surface area contributed by atoms with Gasteiger partial charge in [0, 0.05) is 17.8 Å². The van der Waals surface area contributed by atoms with E-state index in [-0.39, 0.29) is 24.4 Å². The minimum absolute atomic E-state index is 0.0670. The van der Waals surface area contributed by atoms with Gasteiger partial charge in [0.1, 0.15) is 29.6 Å². The van der Waals surface area contributed by atoms with Crippen molar-refractivity contribution in [3.8, 4) is 11.5 Å². The molecule has 3 aromatic carbocycles. The van der Waals surface area contributed by atoms with Crippen LogP contribution in [-0.4, -0.2) is 47.1 Å². The summed E-state index contributed by atoms with van der Waals surface area (Å²) in [6, 6.07) is 17.7. The second-order valence-corrected chi connectivity index (χ2v) is 10.3. The second-order valence-electron chi connectivity index (χ2n) is 10.3. The minimum Gasteiger partial charge on any atom is -0.497 e. The standard InChI is InChI=1S/C31H35N5O4/c1-20-10-9-15-27(21(20)2)36(29(37)19-35-28-14-8-7-13-26(28)33-34-35)30(31(38)32-23-11-5-6-12-23)22-16-24(39-3)18-25(17-22)40-4/h7-10,13-18,23,30H,5-6,11-12,19H2,1-4H3,(H,32,38)/t30-/m0/s1. The number of amides is 2. The Hall–Kier alpha value is -4.40. The smallest absolute Gasteiger partial charge is 0.249 e. The molecule has 1 aromatic heterocycles. The van der Waals surface area contributed by atoms with Gasteiger partial charge in [0.15, 0.2) is 0 Å². The lowest BCUT2D eigenvalue weighted by atomic mass is 9.99. The number of aromatic nitrogens is 3. The maximum absolute atomic E-state index is 14.4. The van der Waals surface area contributed by atoms with Crippen LogP contribution in [0.4, 0.5) is 5.69 Å². The Morgan fingerprint density at radius 1 is 1.00 bits per heavy atom. The highest BCUT2D eigenvalue weighted by Gasteiger charge is 2.36. The van der Waals surface area contributed by atoms with Crippen molar-refractivity contribution in [3.05, 3.63) is 77.4 Å². The average Bonchev–Trinajstić information content (AvgIpc) is 3.63. The van der Waals surface area contributed by atoms with Crippen LogP contribution in [0.5, 0.6) is 11.5 Å². The van der Waals surface area contributed by atoms with Crippen molar-refractivity contribution in [3.63, 3.8) is 0 Å². The summed E-state index contributed by atoms with van der Waals surface area (Å²) in [4.78, 5) is 30.2. The lowest BCUT2D eigenvalue weighted by molar-refractivity contribution is -0.127. The molecule has 4 aromatic rings. The van der Waals surface area contributed by atoms with Crippen molar-refractivity contribution in [1.29, 1.82) is 0 Å². The van der Waals surface area contributed by atoms with E-state index in [9.17, 15) is 9.59 Å². The average molecular weight is 542 g/mol. The second kappa shape index (κ2) is 11.8. The van der Waals surface area contributed by atoms with Crippen molar-refractivity contribution in [2.45, 2.75) is 58.2 Å². The number of nitrogens with zero attached hydrogens (tertiary/aromatic N) is 4. The van der Waals surface area contributed by atoms with E-state index in [1.165, 1.54) is 0 Å². The Labute approximate surface area is 234 Å². The van der Waals surface area contributed by atoms with Crippen LogP contribution in [0.2, 0.25) is 0 Å². The van der Waals surface area contributed by atoms with E-state index in [1.54, 1.807) is 42.0 Å². The number of rotatable bonds is 9. The number of benzene rings is 3. The first-order chi connectivity index (χ1) is 19.4. The maximum Gasteiger partial charge on any atom is 0.249 e. The minimum atomic E-state index is -0.979. The summed E-state index contributed by atoms with van der Waals surface area (Å²) in [7, 11) is 3.13. The number of fused-ring (bicyclic) bond motifs is 1. The molecule has 1 aliphatic carbocycles. The zero-order valence-electron chi connectivity index (χ0n) is 23.4. The molecule has 0 unspecified atom stereocenters. The predicted molar refractivity (Wildman–Crippen MR) is 154 cm³/mol. The molecule has 1 aliphatic rings. The van der Waals surface area contributed by atoms with Crippen molar-refractivity contribution < 1.29 is 19.1 Å². The molecule has 1 saturated carbocycles. The van der Waals surface area contributed by atoms with Gasteiger partial charge in [-0.3, -0.25) is 14.5 Å². The first-order valence-electron chi connectivity index (χ1n) is 13.6. The zero-order chi connectivity index (χ0) is 28.2. The Kier molecular flexibility index (Phi) is 8.00. The third kappa shape index (κ3) is 5.50. The first kappa shape index (κ1) is 27.2. The Bertz CT molecular complexity index is 1500. The molecule has 1 heterocycles. The van der Waals surface area contributed by atoms with Crippen LogP contribution in [0, 0.1) is 13.8 Å². The van der Waals surface area contributed by atoms with Gasteiger partial charge in [-0.15, -0.1) is 5.10 Å². The van der Waals surface area contributed by atoms with Crippen molar-refractivity contribution in [2.75, 3.05) is 19.1 Å². The normalized spacial score (nSPS) is 14.2. The van der Waals surface area contributed by atoms with Gasteiger partial charge < -0.3 is 14.8 Å². The molecule has 0 radical (unpaired) electrons. The van der Waals surface area contributed by atoms with Crippen LogP contribution < -0.4 is 19.7 Å². The molecule has 1 atom stereocenters. The molecular formula is C31H35N5O4. The highest BCUT2D eigenvalue weighted by molar-refractivity contribution is 6.02. The van der Waals surface area contributed by atoms with E-state index in [0.29, 0.717) is 28.3 Å². The van der Waals surface area contributed by atoms with Gasteiger partial charge in [0.25, 0.3) is 0 Å². The number of carbonyl (C=O) groups is 2. The van der Waals surface area contributed by atoms with Crippen LogP contribution in [-0.2, 0) is 16.1 Å². The molecule has 1 N–H and O–H groups in total. The molecule has 5 rings (SSSR count). The number of anilines is 1.